The van der Waals surface area contributed by atoms with E-state index in [4.69, 9.17) is 0 Å². The highest BCUT2D eigenvalue weighted by Gasteiger charge is 2.21. The summed E-state index contributed by atoms with van der Waals surface area (Å²) in [4.78, 5) is 6.45. The molecule has 19 heavy (non-hydrogen) atoms. The van der Waals surface area contributed by atoms with Crippen LogP contribution in [-0.2, 0) is 23.0 Å². The maximum atomic E-state index is 12.2. The summed E-state index contributed by atoms with van der Waals surface area (Å²) in [6.45, 7) is 3.55. The van der Waals surface area contributed by atoms with E-state index in [2.05, 4.69) is 15.0 Å². The lowest BCUT2D eigenvalue weighted by molar-refractivity contribution is 0.603. The number of fused-ring (bicyclic) bond motifs is 1. The van der Waals surface area contributed by atoms with Crippen molar-refractivity contribution in [2.75, 3.05) is 11.3 Å². The van der Waals surface area contributed by atoms with Gasteiger partial charge < -0.3 is 5.32 Å². The van der Waals surface area contributed by atoms with Gasteiger partial charge in [0, 0.05) is 29.3 Å². The summed E-state index contributed by atoms with van der Waals surface area (Å²) >= 11 is 2.67. The first-order chi connectivity index (χ1) is 9.04. The summed E-state index contributed by atoms with van der Waals surface area (Å²) < 4.78 is 27.3. The lowest BCUT2D eigenvalue weighted by Crippen LogP contribution is -2.22. The summed E-state index contributed by atoms with van der Waals surface area (Å²) in [7, 11) is -3.50. The molecule has 5 nitrogen and oxygen atoms in total. The van der Waals surface area contributed by atoms with Crippen molar-refractivity contribution in [3.8, 4) is 0 Å². The van der Waals surface area contributed by atoms with Gasteiger partial charge in [0.15, 0.2) is 5.13 Å². The van der Waals surface area contributed by atoms with Crippen LogP contribution in [0.3, 0.4) is 0 Å². The fraction of sp³-hybridized carbons (Fsp3) is 0.364. The molecule has 1 aliphatic rings. The van der Waals surface area contributed by atoms with Crippen LogP contribution in [0.2, 0.25) is 0 Å². The normalized spacial score (nSPS) is 15.2. The Bertz CT molecular complexity index is 679. The smallest absolute Gasteiger partial charge is 0.273 e. The summed E-state index contributed by atoms with van der Waals surface area (Å²) in [5, 5.41) is 3.71. The number of sulfonamides is 1. The third-order valence-corrected chi connectivity index (χ3v) is 6.78. The van der Waals surface area contributed by atoms with Crippen LogP contribution in [0.1, 0.15) is 15.4 Å². The van der Waals surface area contributed by atoms with Crippen LogP contribution in [0.5, 0.6) is 0 Å². The van der Waals surface area contributed by atoms with E-state index in [0.717, 1.165) is 35.0 Å². The van der Waals surface area contributed by atoms with Crippen LogP contribution in [0.4, 0.5) is 5.13 Å². The van der Waals surface area contributed by atoms with E-state index in [1.807, 2.05) is 6.92 Å². The predicted octanol–water partition coefficient (Wildman–Crippen LogP) is 1.96. The van der Waals surface area contributed by atoms with Gasteiger partial charge in [-0.2, -0.15) is 0 Å². The van der Waals surface area contributed by atoms with Gasteiger partial charge >= 0.3 is 0 Å². The van der Waals surface area contributed by atoms with Gasteiger partial charge in [-0.1, -0.05) is 11.3 Å². The van der Waals surface area contributed by atoms with E-state index in [-0.39, 0.29) is 0 Å². The predicted molar refractivity (Wildman–Crippen MR) is 77.4 cm³/mol. The highest BCUT2D eigenvalue weighted by Crippen LogP contribution is 2.29. The van der Waals surface area contributed by atoms with Gasteiger partial charge in [0.05, 0.1) is 5.69 Å². The molecule has 2 aromatic rings. The van der Waals surface area contributed by atoms with Crippen LogP contribution >= 0.6 is 22.7 Å². The molecule has 0 aliphatic carbocycles. The monoisotopic (exact) mass is 315 g/mol. The van der Waals surface area contributed by atoms with Crippen LogP contribution in [-0.4, -0.2) is 19.9 Å². The SMILES string of the molecule is Cc1ccc(S(=O)(=O)Nc2nc3c(s2)CNCC3)s1. The first-order valence-corrected chi connectivity index (χ1v) is 8.95. The zero-order valence-electron chi connectivity index (χ0n) is 10.3. The van der Waals surface area contributed by atoms with Crippen LogP contribution in [0, 0.1) is 6.92 Å². The topological polar surface area (TPSA) is 71.1 Å². The summed E-state index contributed by atoms with van der Waals surface area (Å²) in [5.74, 6) is 0. The Balaban J connectivity index is 1.86. The average Bonchev–Trinajstić information content (AvgIpc) is 2.94. The number of nitrogens with one attached hydrogen (secondary N) is 2. The second-order valence-electron chi connectivity index (χ2n) is 4.29. The number of aryl methyl sites for hydroxylation is 1. The molecule has 0 aromatic carbocycles. The van der Waals surface area contributed by atoms with Gasteiger partial charge in [-0.25, -0.2) is 13.4 Å². The van der Waals surface area contributed by atoms with Crippen molar-refractivity contribution < 1.29 is 8.42 Å². The van der Waals surface area contributed by atoms with Crippen molar-refractivity contribution in [3.05, 3.63) is 27.6 Å². The number of aromatic nitrogens is 1. The molecule has 102 valence electrons. The number of anilines is 1. The van der Waals surface area contributed by atoms with Crippen molar-refractivity contribution in [2.24, 2.45) is 0 Å². The zero-order chi connectivity index (χ0) is 13.5. The van der Waals surface area contributed by atoms with E-state index in [0.29, 0.717) is 9.34 Å². The maximum absolute atomic E-state index is 12.2. The maximum Gasteiger partial charge on any atom is 0.273 e. The van der Waals surface area contributed by atoms with Crippen molar-refractivity contribution in [3.63, 3.8) is 0 Å². The lowest BCUT2D eigenvalue weighted by atomic mass is 10.2. The van der Waals surface area contributed by atoms with E-state index in [1.165, 1.54) is 22.7 Å². The molecule has 8 heteroatoms. The highest BCUT2D eigenvalue weighted by molar-refractivity contribution is 7.94. The molecule has 3 rings (SSSR count). The van der Waals surface area contributed by atoms with E-state index in [9.17, 15) is 8.42 Å². The second kappa shape index (κ2) is 4.86. The average molecular weight is 315 g/mol. The molecule has 0 saturated carbocycles. The molecule has 1 aliphatic heterocycles. The third-order valence-electron chi connectivity index (χ3n) is 2.80. The van der Waals surface area contributed by atoms with Crippen molar-refractivity contribution in [2.45, 2.75) is 24.1 Å². The Hall–Kier alpha value is -0.960. The fourth-order valence-electron chi connectivity index (χ4n) is 1.89. The minimum absolute atomic E-state index is 0.330. The molecule has 0 unspecified atom stereocenters. The number of hydrogen-bond acceptors (Lipinski definition) is 6. The zero-order valence-corrected chi connectivity index (χ0v) is 12.7. The van der Waals surface area contributed by atoms with E-state index in [1.54, 1.807) is 12.1 Å². The molecule has 2 aromatic heterocycles. The van der Waals surface area contributed by atoms with Gasteiger partial charge in [-0.05, 0) is 19.1 Å². The number of thiophene rings is 1. The van der Waals surface area contributed by atoms with Gasteiger partial charge in [0.25, 0.3) is 10.0 Å². The third kappa shape index (κ3) is 2.66. The molecule has 0 bridgehead atoms. The molecule has 0 saturated heterocycles. The molecule has 0 spiro atoms. The summed E-state index contributed by atoms with van der Waals surface area (Å²) in [5.41, 5.74) is 1.00. The molecular formula is C11H13N3O2S3. The number of rotatable bonds is 3. The highest BCUT2D eigenvalue weighted by atomic mass is 32.2. The minimum Gasteiger partial charge on any atom is -0.311 e. The quantitative estimate of drug-likeness (QED) is 0.908. The van der Waals surface area contributed by atoms with E-state index >= 15 is 0 Å². The molecular weight excluding hydrogens is 302 g/mol. The van der Waals surface area contributed by atoms with Crippen molar-refractivity contribution >= 4 is 37.8 Å². The second-order valence-corrected chi connectivity index (χ2v) is 8.57. The van der Waals surface area contributed by atoms with Crippen LogP contribution < -0.4 is 10.0 Å². The van der Waals surface area contributed by atoms with Crippen molar-refractivity contribution in [1.82, 2.24) is 10.3 Å². The Morgan fingerprint density at radius 3 is 2.89 bits per heavy atom. The molecule has 0 radical (unpaired) electrons. The number of hydrogen-bond donors (Lipinski definition) is 2. The summed E-state index contributed by atoms with van der Waals surface area (Å²) in [6, 6.07) is 3.42. The first kappa shape index (κ1) is 13.0. The fourth-order valence-corrected chi connectivity index (χ4v) is 5.39. The lowest BCUT2D eigenvalue weighted by Gasteiger charge is -2.09. The Morgan fingerprint density at radius 1 is 1.37 bits per heavy atom. The Kier molecular flexibility index (Phi) is 3.34. The largest absolute Gasteiger partial charge is 0.311 e. The van der Waals surface area contributed by atoms with Crippen LogP contribution in [0.25, 0.3) is 0 Å². The first-order valence-electron chi connectivity index (χ1n) is 5.83. The van der Waals surface area contributed by atoms with Gasteiger partial charge in [0.1, 0.15) is 4.21 Å². The molecule has 0 fully saturated rings. The van der Waals surface area contributed by atoms with Gasteiger partial charge in [-0.3, -0.25) is 4.72 Å². The van der Waals surface area contributed by atoms with E-state index < -0.39 is 10.0 Å². The molecule has 2 N–H and O–H groups in total. The number of thiazole rings is 1. The minimum atomic E-state index is -3.50. The summed E-state index contributed by atoms with van der Waals surface area (Å²) in [6.07, 6.45) is 0.853. The molecule has 0 atom stereocenters. The molecule has 0 amide bonds. The van der Waals surface area contributed by atoms with Gasteiger partial charge in [-0.15, -0.1) is 11.3 Å². The van der Waals surface area contributed by atoms with Crippen molar-refractivity contribution in [1.29, 1.82) is 0 Å². The van der Waals surface area contributed by atoms with Crippen LogP contribution in [0.15, 0.2) is 16.3 Å². The standard InChI is InChI=1S/C11H13N3O2S3/c1-7-2-3-10(17-7)19(15,16)14-11-13-8-4-5-12-6-9(8)18-11/h2-3,12H,4-6H2,1H3,(H,13,14). The number of nitrogens with zero attached hydrogens (tertiary/aromatic N) is 1. The molecule has 3 heterocycles. The van der Waals surface area contributed by atoms with Gasteiger partial charge in [0.2, 0.25) is 0 Å². The Morgan fingerprint density at radius 2 is 2.21 bits per heavy atom. The Labute approximate surface area is 119 Å².